The van der Waals surface area contributed by atoms with Crippen molar-refractivity contribution in [3.05, 3.63) is 12.4 Å². The Morgan fingerprint density at radius 3 is 2.73 bits per heavy atom. The molecule has 1 aromatic heterocycles. The first kappa shape index (κ1) is 15.7. The summed E-state index contributed by atoms with van der Waals surface area (Å²) in [6.07, 6.45) is 10.7. The van der Waals surface area contributed by atoms with Crippen molar-refractivity contribution in [3.63, 3.8) is 0 Å². The normalized spacial score (nSPS) is 14.1. The number of H-pyrrole nitrogens is 1. The number of hydrogen-bond acceptors (Lipinski definition) is 5. The Morgan fingerprint density at radius 2 is 2.09 bits per heavy atom. The molecule has 3 N–H and O–H groups in total. The first-order valence-corrected chi connectivity index (χ1v) is 7.07. The molecule has 2 heterocycles. The Kier molecular flexibility index (Phi) is 5.25. The minimum Gasteiger partial charge on any atom is -0.356 e. The predicted molar refractivity (Wildman–Crippen MR) is 79.7 cm³/mol. The van der Waals surface area contributed by atoms with Crippen LogP contribution in [0.1, 0.15) is 32.1 Å². The van der Waals surface area contributed by atoms with E-state index in [9.17, 15) is 9.59 Å². The molecule has 8 nitrogen and oxygen atoms in total. The minimum absolute atomic E-state index is 0.122. The number of aromatic amines is 1. The van der Waals surface area contributed by atoms with E-state index in [1.54, 1.807) is 12.4 Å². The monoisotopic (exact) mass is 302 g/mol. The molecule has 0 radical (unpaired) electrons. The van der Waals surface area contributed by atoms with Crippen molar-refractivity contribution in [1.82, 2.24) is 15.3 Å². The molecule has 0 spiro atoms. The number of nitrogens with zero attached hydrogens (tertiary/aromatic N) is 3. The van der Waals surface area contributed by atoms with Crippen LogP contribution in [0.15, 0.2) is 22.6 Å². The molecule has 1 aromatic rings. The van der Waals surface area contributed by atoms with Crippen molar-refractivity contribution >= 4 is 17.8 Å². The molecule has 1 aliphatic heterocycles. The Hall–Kier alpha value is -2.69. The number of nitrogens with one attached hydrogen (secondary N) is 3. The molecule has 0 bridgehead atoms. The Bertz CT molecular complexity index is 581. The van der Waals surface area contributed by atoms with Crippen molar-refractivity contribution in [3.8, 4) is 12.3 Å². The number of imidazole rings is 1. The fourth-order valence-electron chi connectivity index (χ4n) is 1.91. The van der Waals surface area contributed by atoms with Crippen molar-refractivity contribution in [1.29, 1.82) is 0 Å². The quantitative estimate of drug-likeness (QED) is 0.596. The van der Waals surface area contributed by atoms with Crippen LogP contribution in [0.4, 0.5) is 5.95 Å². The van der Waals surface area contributed by atoms with Crippen molar-refractivity contribution in [2.24, 2.45) is 10.2 Å². The van der Waals surface area contributed by atoms with Gasteiger partial charge >= 0.3 is 0 Å². The highest BCUT2D eigenvalue weighted by Gasteiger charge is 2.39. The molecular formula is C14H18N6O2. The van der Waals surface area contributed by atoms with Gasteiger partial charge in [0.1, 0.15) is 0 Å². The van der Waals surface area contributed by atoms with Gasteiger partial charge in [0, 0.05) is 51.0 Å². The van der Waals surface area contributed by atoms with E-state index in [2.05, 4.69) is 36.8 Å². The van der Waals surface area contributed by atoms with Gasteiger partial charge in [-0.2, -0.15) is 10.2 Å². The highest BCUT2D eigenvalue weighted by molar-refractivity contribution is 5.89. The summed E-state index contributed by atoms with van der Waals surface area (Å²) in [7, 11) is 0. The lowest BCUT2D eigenvalue weighted by molar-refractivity contribution is -0.121. The molecule has 1 aliphatic rings. The molecule has 0 saturated carbocycles. The molecule has 8 heteroatoms. The zero-order valence-electron chi connectivity index (χ0n) is 12.1. The van der Waals surface area contributed by atoms with Gasteiger partial charge in [0.25, 0.3) is 0 Å². The van der Waals surface area contributed by atoms with Gasteiger partial charge in [0.15, 0.2) is 5.66 Å². The smallest absolute Gasteiger partial charge is 0.228 e. The maximum Gasteiger partial charge on any atom is 0.228 e. The molecule has 0 aromatic carbocycles. The van der Waals surface area contributed by atoms with Gasteiger partial charge in [-0.15, -0.1) is 12.3 Å². The lowest BCUT2D eigenvalue weighted by atomic mass is 10.0. The number of terminal acetylenes is 1. The highest BCUT2D eigenvalue weighted by Crippen LogP contribution is 2.37. The average molecular weight is 302 g/mol. The zero-order valence-corrected chi connectivity index (χ0v) is 12.1. The molecule has 2 amide bonds. The zero-order chi connectivity index (χ0) is 15.8. The number of carbonyl (C=O) groups excluding carboxylic acids is 2. The van der Waals surface area contributed by atoms with E-state index in [4.69, 9.17) is 6.42 Å². The van der Waals surface area contributed by atoms with Gasteiger partial charge in [-0.3, -0.25) is 14.9 Å². The van der Waals surface area contributed by atoms with Gasteiger partial charge in [0.2, 0.25) is 17.8 Å². The van der Waals surface area contributed by atoms with E-state index in [1.165, 1.54) is 0 Å². The standard InChI is InChI=1S/C14H18N6O2/c1-2-3-6-14(19-20-14)7-4-11(21)15-8-5-12(22)18-13-16-9-10-17-13/h1,9-10H,3-8H2,(H,15,21)(H2,16,17,18,22). The molecule has 0 saturated heterocycles. The van der Waals surface area contributed by atoms with E-state index < -0.39 is 5.66 Å². The number of aromatic nitrogens is 2. The predicted octanol–water partition coefficient (Wildman–Crippen LogP) is 1.21. The van der Waals surface area contributed by atoms with Gasteiger partial charge in [-0.25, -0.2) is 4.98 Å². The van der Waals surface area contributed by atoms with Crippen molar-refractivity contribution < 1.29 is 9.59 Å². The second-order valence-electron chi connectivity index (χ2n) is 4.97. The van der Waals surface area contributed by atoms with Gasteiger partial charge in [0.05, 0.1) is 0 Å². The third-order valence-electron chi connectivity index (χ3n) is 3.24. The fraction of sp³-hybridized carbons (Fsp3) is 0.500. The first-order chi connectivity index (χ1) is 10.6. The summed E-state index contributed by atoms with van der Waals surface area (Å²) in [6, 6.07) is 0. The summed E-state index contributed by atoms with van der Waals surface area (Å²) in [6.45, 7) is 0.275. The van der Waals surface area contributed by atoms with Gasteiger partial charge in [-0.1, -0.05) is 0 Å². The van der Waals surface area contributed by atoms with Crippen LogP contribution in [-0.2, 0) is 9.59 Å². The summed E-state index contributed by atoms with van der Waals surface area (Å²) in [5.41, 5.74) is -0.444. The SMILES string of the molecule is C#CCCC1(CCC(=O)NCCC(=O)Nc2ncc[nH]2)N=N1. The molecule has 116 valence electrons. The lowest BCUT2D eigenvalue weighted by Gasteiger charge is -2.09. The van der Waals surface area contributed by atoms with Crippen LogP contribution >= 0.6 is 0 Å². The number of amides is 2. The van der Waals surface area contributed by atoms with E-state index in [0.717, 1.165) is 0 Å². The van der Waals surface area contributed by atoms with E-state index in [-0.39, 0.29) is 24.8 Å². The summed E-state index contributed by atoms with van der Waals surface area (Å²) in [5.74, 6) is 2.60. The van der Waals surface area contributed by atoms with Crippen LogP contribution in [0.2, 0.25) is 0 Å². The summed E-state index contributed by atoms with van der Waals surface area (Å²) in [4.78, 5) is 29.9. The maximum absolute atomic E-state index is 11.7. The number of anilines is 1. The number of carbonyl (C=O) groups is 2. The molecule has 0 aliphatic carbocycles. The second kappa shape index (κ2) is 7.36. The van der Waals surface area contributed by atoms with Crippen LogP contribution < -0.4 is 10.6 Å². The third kappa shape index (κ3) is 5.01. The van der Waals surface area contributed by atoms with Crippen molar-refractivity contribution in [2.45, 2.75) is 37.8 Å². The van der Waals surface area contributed by atoms with Crippen LogP contribution in [0.25, 0.3) is 0 Å². The summed E-state index contributed by atoms with van der Waals surface area (Å²) in [5, 5.41) is 13.2. The molecule has 2 rings (SSSR count). The minimum atomic E-state index is -0.444. The number of hydrogen-bond donors (Lipinski definition) is 3. The summed E-state index contributed by atoms with van der Waals surface area (Å²) < 4.78 is 0. The molecule has 0 unspecified atom stereocenters. The van der Waals surface area contributed by atoms with Crippen LogP contribution in [0.3, 0.4) is 0 Å². The Morgan fingerprint density at radius 1 is 1.27 bits per heavy atom. The Balaban J connectivity index is 1.56. The second-order valence-corrected chi connectivity index (χ2v) is 4.97. The third-order valence-corrected chi connectivity index (χ3v) is 3.24. The summed E-state index contributed by atoms with van der Waals surface area (Å²) >= 11 is 0. The molecular weight excluding hydrogens is 284 g/mol. The lowest BCUT2D eigenvalue weighted by Crippen LogP contribution is -2.28. The maximum atomic E-state index is 11.7. The van der Waals surface area contributed by atoms with E-state index >= 15 is 0 Å². The van der Waals surface area contributed by atoms with Crippen LogP contribution in [0.5, 0.6) is 0 Å². The topological polar surface area (TPSA) is 112 Å². The van der Waals surface area contributed by atoms with E-state index in [1.807, 2.05) is 0 Å². The van der Waals surface area contributed by atoms with E-state index in [0.29, 0.717) is 31.6 Å². The Labute approximate surface area is 128 Å². The molecule has 0 fully saturated rings. The van der Waals surface area contributed by atoms with Gasteiger partial charge in [-0.05, 0) is 0 Å². The van der Waals surface area contributed by atoms with Crippen LogP contribution in [-0.4, -0.2) is 34.0 Å². The molecule has 22 heavy (non-hydrogen) atoms. The first-order valence-electron chi connectivity index (χ1n) is 7.07. The molecule has 0 atom stereocenters. The van der Waals surface area contributed by atoms with Crippen LogP contribution in [0, 0.1) is 12.3 Å². The fourth-order valence-corrected chi connectivity index (χ4v) is 1.91. The van der Waals surface area contributed by atoms with Gasteiger partial charge < -0.3 is 10.3 Å². The average Bonchev–Trinajstić information content (AvgIpc) is 3.10. The highest BCUT2D eigenvalue weighted by atomic mass is 16.2. The largest absolute Gasteiger partial charge is 0.356 e. The van der Waals surface area contributed by atoms with Crippen molar-refractivity contribution in [2.75, 3.05) is 11.9 Å². The number of rotatable bonds is 9.